The molecular weight excluding hydrogens is 344 g/mol. The molecule has 112 valence electrons. The molecule has 0 aliphatic carbocycles. The third-order valence-electron chi connectivity index (χ3n) is 2.97. The summed E-state index contributed by atoms with van der Waals surface area (Å²) < 4.78 is 23.5. The van der Waals surface area contributed by atoms with Gasteiger partial charge in [0, 0.05) is 23.6 Å². The van der Waals surface area contributed by atoms with E-state index in [-0.39, 0.29) is 10.8 Å². The Kier molecular flexibility index (Phi) is 5.73. The maximum absolute atomic E-state index is 12.3. The van der Waals surface area contributed by atoms with Gasteiger partial charge in [-0.3, -0.25) is 4.79 Å². The number of carbonyl (C=O) groups is 1. The van der Waals surface area contributed by atoms with Crippen LogP contribution in [0, 0.1) is 6.92 Å². The van der Waals surface area contributed by atoms with Gasteiger partial charge in [0.2, 0.25) is 10.0 Å². The molecule has 1 aromatic rings. The number of rotatable bonds is 5. The molecule has 0 radical (unpaired) electrons. The summed E-state index contributed by atoms with van der Waals surface area (Å²) >= 11 is 3.19. The van der Waals surface area contributed by atoms with Crippen LogP contribution in [0.1, 0.15) is 35.7 Å². The fraction of sp³-hybridized carbons (Fsp3) is 0.462. The van der Waals surface area contributed by atoms with Crippen LogP contribution in [0.3, 0.4) is 0 Å². The summed E-state index contributed by atoms with van der Waals surface area (Å²) in [6.45, 7) is 4.40. The van der Waals surface area contributed by atoms with E-state index in [4.69, 9.17) is 5.14 Å². The van der Waals surface area contributed by atoms with Crippen molar-refractivity contribution in [3.05, 3.63) is 27.7 Å². The zero-order chi connectivity index (χ0) is 15.5. The van der Waals surface area contributed by atoms with Gasteiger partial charge < -0.3 is 4.90 Å². The van der Waals surface area contributed by atoms with E-state index in [1.165, 1.54) is 6.07 Å². The van der Waals surface area contributed by atoms with Crippen molar-refractivity contribution in [3.8, 4) is 0 Å². The highest BCUT2D eigenvalue weighted by Crippen LogP contribution is 2.27. The van der Waals surface area contributed by atoms with Crippen molar-refractivity contribution in [2.24, 2.45) is 5.14 Å². The van der Waals surface area contributed by atoms with E-state index in [0.717, 1.165) is 12.8 Å². The molecule has 1 amide bonds. The van der Waals surface area contributed by atoms with E-state index in [1.54, 1.807) is 24.9 Å². The lowest BCUT2D eigenvalue weighted by atomic mass is 10.1. The van der Waals surface area contributed by atoms with E-state index in [1.807, 2.05) is 6.92 Å². The molecule has 1 rings (SSSR count). The van der Waals surface area contributed by atoms with Crippen molar-refractivity contribution in [3.63, 3.8) is 0 Å². The zero-order valence-corrected chi connectivity index (χ0v) is 14.2. The third-order valence-corrected chi connectivity index (χ3v) is 5.22. The van der Waals surface area contributed by atoms with E-state index in [2.05, 4.69) is 15.9 Å². The molecule has 0 saturated heterocycles. The third kappa shape index (κ3) is 4.04. The van der Waals surface area contributed by atoms with Crippen molar-refractivity contribution >= 4 is 31.9 Å². The molecule has 5 nitrogen and oxygen atoms in total. The first-order chi connectivity index (χ1) is 9.18. The number of nitrogens with zero attached hydrogens (tertiary/aromatic N) is 1. The van der Waals surface area contributed by atoms with Gasteiger partial charge >= 0.3 is 0 Å². The molecule has 0 bridgehead atoms. The summed E-state index contributed by atoms with van der Waals surface area (Å²) in [5, 5.41) is 5.17. The van der Waals surface area contributed by atoms with Crippen LogP contribution in [0.4, 0.5) is 0 Å². The highest BCUT2D eigenvalue weighted by Gasteiger charge is 2.20. The highest BCUT2D eigenvalue weighted by atomic mass is 79.9. The van der Waals surface area contributed by atoms with E-state index < -0.39 is 10.0 Å². The van der Waals surface area contributed by atoms with Crippen LogP contribution in [-0.4, -0.2) is 32.8 Å². The van der Waals surface area contributed by atoms with Crippen molar-refractivity contribution < 1.29 is 13.2 Å². The van der Waals surface area contributed by atoms with Crippen molar-refractivity contribution in [1.29, 1.82) is 0 Å². The number of hydrogen-bond acceptors (Lipinski definition) is 3. The highest BCUT2D eigenvalue weighted by molar-refractivity contribution is 9.10. The van der Waals surface area contributed by atoms with E-state index in [0.29, 0.717) is 22.1 Å². The van der Waals surface area contributed by atoms with Gasteiger partial charge in [-0.2, -0.15) is 0 Å². The van der Waals surface area contributed by atoms with Crippen LogP contribution in [0.2, 0.25) is 0 Å². The van der Waals surface area contributed by atoms with Gasteiger partial charge in [-0.1, -0.05) is 13.3 Å². The molecule has 0 fully saturated rings. The van der Waals surface area contributed by atoms with Crippen molar-refractivity contribution in [2.75, 3.05) is 13.6 Å². The largest absolute Gasteiger partial charge is 0.342 e. The normalized spacial score (nSPS) is 11.4. The first-order valence-corrected chi connectivity index (χ1v) is 8.60. The minimum Gasteiger partial charge on any atom is -0.342 e. The number of amides is 1. The summed E-state index contributed by atoms with van der Waals surface area (Å²) in [5.74, 6) is -0.209. The standard InChI is InChI=1S/C13H19BrN2O3S/c1-4-5-6-16(3)13(17)10-7-9(2)12(14)11(8-10)20(15,18)19/h7-8H,4-6H2,1-3H3,(H2,15,18,19). The average Bonchev–Trinajstić information content (AvgIpc) is 2.36. The Morgan fingerprint density at radius 2 is 2.00 bits per heavy atom. The fourth-order valence-electron chi connectivity index (χ4n) is 1.78. The lowest BCUT2D eigenvalue weighted by molar-refractivity contribution is 0.0793. The molecule has 0 aromatic heterocycles. The van der Waals surface area contributed by atoms with Crippen molar-refractivity contribution in [2.45, 2.75) is 31.6 Å². The molecule has 0 heterocycles. The van der Waals surface area contributed by atoms with Crippen LogP contribution < -0.4 is 5.14 Å². The van der Waals surface area contributed by atoms with Crippen LogP contribution in [0.25, 0.3) is 0 Å². The zero-order valence-electron chi connectivity index (χ0n) is 11.8. The number of halogens is 1. The van der Waals surface area contributed by atoms with E-state index >= 15 is 0 Å². The molecule has 0 aliphatic heterocycles. The number of sulfonamides is 1. The molecular formula is C13H19BrN2O3S. The topological polar surface area (TPSA) is 80.5 Å². The maximum Gasteiger partial charge on any atom is 0.253 e. The van der Waals surface area contributed by atoms with Gasteiger partial charge in [0.1, 0.15) is 0 Å². The number of unbranched alkanes of at least 4 members (excludes halogenated alkanes) is 1. The van der Waals surface area contributed by atoms with Gasteiger partial charge in [0.25, 0.3) is 5.91 Å². The Bertz CT molecular complexity index is 614. The number of benzene rings is 1. The Balaban J connectivity index is 3.21. The molecule has 0 atom stereocenters. The van der Waals surface area contributed by atoms with Crippen LogP contribution in [0.15, 0.2) is 21.5 Å². The molecule has 0 aliphatic rings. The molecule has 20 heavy (non-hydrogen) atoms. The first-order valence-electron chi connectivity index (χ1n) is 6.27. The number of hydrogen-bond donors (Lipinski definition) is 1. The minimum absolute atomic E-state index is 0.0651. The summed E-state index contributed by atoms with van der Waals surface area (Å²) in [5.41, 5.74) is 0.983. The van der Waals surface area contributed by atoms with Crippen molar-refractivity contribution in [1.82, 2.24) is 4.90 Å². The smallest absolute Gasteiger partial charge is 0.253 e. The number of nitrogens with two attached hydrogens (primary N) is 1. The van der Waals surface area contributed by atoms with Gasteiger partial charge in [-0.05, 0) is 47.0 Å². The summed E-state index contributed by atoms with van der Waals surface area (Å²) in [4.78, 5) is 13.8. The van der Waals surface area contributed by atoms with Gasteiger partial charge in [-0.25, -0.2) is 13.6 Å². The second-order valence-electron chi connectivity index (χ2n) is 4.73. The lowest BCUT2D eigenvalue weighted by Crippen LogP contribution is -2.28. The SMILES string of the molecule is CCCCN(C)C(=O)c1cc(C)c(Br)c(S(N)(=O)=O)c1. The fourth-order valence-corrected chi connectivity index (χ4v) is 3.39. The molecule has 2 N–H and O–H groups in total. The summed E-state index contributed by atoms with van der Waals surface area (Å²) in [6, 6.07) is 2.97. The van der Waals surface area contributed by atoms with Crippen LogP contribution in [0.5, 0.6) is 0 Å². The number of carbonyl (C=O) groups excluding carboxylic acids is 1. The second kappa shape index (κ2) is 6.69. The molecule has 0 unspecified atom stereocenters. The summed E-state index contributed by atoms with van der Waals surface area (Å²) in [6.07, 6.45) is 1.89. The quantitative estimate of drug-likeness (QED) is 0.872. The Morgan fingerprint density at radius 3 is 2.50 bits per heavy atom. The Morgan fingerprint density at radius 1 is 1.40 bits per heavy atom. The van der Waals surface area contributed by atoms with Gasteiger partial charge in [0.15, 0.2) is 0 Å². The maximum atomic E-state index is 12.3. The Hall–Kier alpha value is -0.920. The second-order valence-corrected chi connectivity index (χ2v) is 7.05. The minimum atomic E-state index is -3.87. The number of aryl methyl sites for hydroxylation is 1. The van der Waals surface area contributed by atoms with Gasteiger partial charge in [-0.15, -0.1) is 0 Å². The first kappa shape index (κ1) is 17.1. The molecule has 1 aromatic carbocycles. The summed E-state index contributed by atoms with van der Waals surface area (Å²) in [7, 11) is -2.17. The molecule has 0 spiro atoms. The van der Waals surface area contributed by atoms with Gasteiger partial charge in [0.05, 0.1) is 4.90 Å². The van der Waals surface area contributed by atoms with E-state index in [9.17, 15) is 13.2 Å². The van der Waals surface area contributed by atoms with Crippen LogP contribution >= 0.6 is 15.9 Å². The molecule has 7 heteroatoms. The lowest BCUT2D eigenvalue weighted by Gasteiger charge is -2.18. The average molecular weight is 363 g/mol. The predicted molar refractivity (Wildman–Crippen MR) is 82.1 cm³/mol. The monoisotopic (exact) mass is 362 g/mol. The number of primary sulfonamides is 1. The molecule has 0 saturated carbocycles. The van der Waals surface area contributed by atoms with Crippen LogP contribution in [-0.2, 0) is 10.0 Å². The Labute approximate surface area is 128 Å². The predicted octanol–water partition coefficient (Wildman–Crippen LogP) is 2.28.